The first-order valence-corrected chi connectivity index (χ1v) is 8.61. The van der Waals surface area contributed by atoms with Gasteiger partial charge in [-0.3, -0.25) is 14.4 Å². The molecule has 26 heavy (non-hydrogen) atoms. The summed E-state index contributed by atoms with van der Waals surface area (Å²) in [5, 5.41) is 5.55. The molecule has 2 N–H and O–H groups in total. The number of aryl methyl sites for hydroxylation is 1. The molecule has 0 unspecified atom stereocenters. The molecule has 1 aliphatic heterocycles. The molecule has 2 aromatic carbocycles. The molecule has 0 aliphatic carbocycles. The van der Waals surface area contributed by atoms with E-state index in [0.29, 0.717) is 29.4 Å². The maximum atomic E-state index is 12.1. The molecule has 2 aromatic rings. The lowest BCUT2D eigenvalue weighted by atomic mass is 10.2. The van der Waals surface area contributed by atoms with Crippen molar-refractivity contribution in [2.24, 2.45) is 0 Å². The number of hydrogen-bond acceptors (Lipinski definition) is 3. The van der Waals surface area contributed by atoms with Gasteiger partial charge in [0.25, 0.3) is 0 Å². The second-order valence-electron chi connectivity index (χ2n) is 6.06. The fourth-order valence-corrected chi connectivity index (χ4v) is 2.91. The normalized spacial score (nSPS) is 13.6. The fraction of sp³-hybridized carbons (Fsp3) is 0.211. The van der Waals surface area contributed by atoms with Crippen LogP contribution in [-0.2, 0) is 14.4 Å². The predicted molar refractivity (Wildman–Crippen MR) is 101 cm³/mol. The van der Waals surface area contributed by atoms with Gasteiger partial charge in [0.05, 0.1) is 0 Å². The van der Waals surface area contributed by atoms with E-state index in [-0.39, 0.29) is 5.91 Å². The largest absolute Gasteiger partial charge is 0.318 e. The van der Waals surface area contributed by atoms with Gasteiger partial charge in [-0.05, 0) is 55.3 Å². The highest BCUT2D eigenvalue weighted by Crippen LogP contribution is 2.23. The van der Waals surface area contributed by atoms with Gasteiger partial charge in [-0.1, -0.05) is 17.7 Å². The second-order valence-corrected chi connectivity index (χ2v) is 6.50. The number of nitrogens with zero attached hydrogens (tertiary/aromatic N) is 1. The lowest BCUT2D eigenvalue weighted by Crippen LogP contribution is -2.29. The number of carbonyl (C=O) groups is 3. The molecular weight excluding hydrogens is 354 g/mol. The lowest BCUT2D eigenvalue weighted by molar-refractivity contribution is -0.133. The molecular formula is C19H18ClN3O3. The Balaban J connectivity index is 1.63. The summed E-state index contributed by atoms with van der Waals surface area (Å²) in [6, 6.07) is 11.9. The van der Waals surface area contributed by atoms with Crippen LogP contribution in [0.3, 0.4) is 0 Å². The smallest absolute Gasteiger partial charge is 0.314 e. The predicted octanol–water partition coefficient (Wildman–Crippen LogP) is 3.35. The summed E-state index contributed by atoms with van der Waals surface area (Å²) in [5.74, 6) is -1.47. The van der Waals surface area contributed by atoms with E-state index in [1.165, 1.54) is 0 Å². The highest BCUT2D eigenvalue weighted by Gasteiger charge is 2.21. The van der Waals surface area contributed by atoms with Gasteiger partial charge in [-0.25, -0.2) is 0 Å². The highest BCUT2D eigenvalue weighted by molar-refractivity contribution is 6.43. The van der Waals surface area contributed by atoms with Gasteiger partial charge < -0.3 is 15.5 Å². The molecule has 3 rings (SSSR count). The van der Waals surface area contributed by atoms with Crippen LogP contribution < -0.4 is 15.5 Å². The third kappa shape index (κ3) is 4.03. The summed E-state index contributed by atoms with van der Waals surface area (Å²) in [5.41, 5.74) is 2.54. The average Bonchev–Trinajstić information content (AvgIpc) is 3.04. The van der Waals surface area contributed by atoms with Crippen molar-refractivity contribution in [2.45, 2.75) is 19.8 Å². The maximum absolute atomic E-state index is 12.1. The van der Waals surface area contributed by atoms with Crippen LogP contribution in [0.4, 0.5) is 17.1 Å². The third-order valence-corrected chi connectivity index (χ3v) is 4.40. The van der Waals surface area contributed by atoms with Crippen molar-refractivity contribution in [3.05, 3.63) is 53.1 Å². The summed E-state index contributed by atoms with van der Waals surface area (Å²) in [4.78, 5) is 37.6. The number of halogens is 1. The molecule has 1 saturated heterocycles. The second kappa shape index (κ2) is 7.58. The summed E-state index contributed by atoms with van der Waals surface area (Å²) in [6.45, 7) is 2.51. The minimum Gasteiger partial charge on any atom is -0.318 e. The first-order valence-electron chi connectivity index (χ1n) is 8.23. The van der Waals surface area contributed by atoms with E-state index in [4.69, 9.17) is 11.6 Å². The van der Waals surface area contributed by atoms with Crippen LogP contribution in [0.25, 0.3) is 0 Å². The van der Waals surface area contributed by atoms with Gasteiger partial charge in [-0.2, -0.15) is 0 Å². The van der Waals surface area contributed by atoms with Crippen LogP contribution in [0.1, 0.15) is 18.4 Å². The molecule has 0 aromatic heterocycles. The molecule has 3 amide bonds. The first kappa shape index (κ1) is 17.9. The van der Waals surface area contributed by atoms with E-state index < -0.39 is 11.8 Å². The van der Waals surface area contributed by atoms with E-state index in [1.54, 1.807) is 47.4 Å². The topological polar surface area (TPSA) is 78.5 Å². The highest BCUT2D eigenvalue weighted by atomic mass is 35.5. The van der Waals surface area contributed by atoms with Crippen LogP contribution in [0.15, 0.2) is 42.5 Å². The number of carbonyl (C=O) groups excluding carboxylic acids is 3. The van der Waals surface area contributed by atoms with Crippen molar-refractivity contribution in [1.29, 1.82) is 0 Å². The summed E-state index contributed by atoms with van der Waals surface area (Å²) in [7, 11) is 0. The van der Waals surface area contributed by atoms with E-state index >= 15 is 0 Å². The van der Waals surface area contributed by atoms with E-state index in [9.17, 15) is 14.4 Å². The van der Waals surface area contributed by atoms with Gasteiger partial charge in [-0.15, -0.1) is 0 Å². The molecule has 1 fully saturated rings. The number of benzene rings is 2. The van der Waals surface area contributed by atoms with Gasteiger partial charge in [0.1, 0.15) is 0 Å². The van der Waals surface area contributed by atoms with Crippen LogP contribution >= 0.6 is 11.6 Å². The molecule has 0 spiro atoms. The van der Waals surface area contributed by atoms with Gasteiger partial charge in [0.15, 0.2) is 0 Å². The molecule has 134 valence electrons. The van der Waals surface area contributed by atoms with E-state index in [0.717, 1.165) is 17.7 Å². The number of nitrogens with one attached hydrogen (secondary N) is 2. The van der Waals surface area contributed by atoms with E-state index in [2.05, 4.69) is 10.6 Å². The van der Waals surface area contributed by atoms with E-state index in [1.807, 2.05) is 6.92 Å². The lowest BCUT2D eigenvalue weighted by Gasteiger charge is -2.16. The molecule has 6 nitrogen and oxygen atoms in total. The quantitative estimate of drug-likeness (QED) is 0.812. The van der Waals surface area contributed by atoms with Gasteiger partial charge in [0.2, 0.25) is 5.91 Å². The summed E-state index contributed by atoms with van der Waals surface area (Å²) >= 11 is 5.91. The Kier molecular flexibility index (Phi) is 5.23. The molecule has 0 saturated carbocycles. The molecule has 7 heteroatoms. The summed E-state index contributed by atoms with van der Waals surface area (Å²) in [6.07, 6.45) is 1.40. The standard InChI is InChI=1S/C19H18ClN3O3/c1-12-4-5-13(20)11-16(12)22-19(26)18(25)21-14-6-8-15(9-7-14)23-10-2-3-17(23)24/h4-9,11H,2-3,10H2,1H3,(H,21,25)(H,22,26). The Hall–Kier alpha value is -2.86. The van der Waals surface area contributed by atoms with Gasteiger partial charge >= 0.3 is 11.8 Å². The Labute approximate surface area is 156 Å². The number of amides is 3. The van der Waals surface area contributed by atoms with Gasteiger partial charge in [0, 0.05) is 35.1 Å². The Morgan fingerprint density at radius 3 is 2.38 bits per heavy atom. The van der Waals surface area contributed by atoms with Crippen molar-refractivity contribution in [3.63, 3.8) is 0 Å². The molecule has 1 aliphatic rings. The van der Waals surface area contributed by atoms with Crippen molar-refractivity contribution >= 4 is 46.4 Å². The minimum absolute atomic E-state index is 0.0954. The summed E-state index contributed by atoms with van der Waals surface area (Å²) < 4.78 is 0. The maximum Gasteiger partial charge on any atom is 0.314 e. The molecule has 0 bridgehead atoms. The number of rotatable bonds is 3. The Bertz CT molecular complexity index is 865. The van der Waals surface area contributed by atoms with Crippen LogP contribution in [0.2, 0.25) is 5.02 Å². The zero-order chi connectivity index (χ0) is 18.7. The molecule has 1 heterocycles. The average molecular weight is 372 g/mol. The van der Waals surface area contributed by atoms with Crippen LogP contribution in [0, 0.1) is 6.92 Å². The van der Waals surface area contributed by atoms with Crippen LogP contribution in [-0.4, -0.2) is 24.3 Å². The first-order chi connectivity index (χ1) is 12.4. The fourth-order valence-electron chi connectivity index (χ4n) is 2.74. The Morgan fingerprint density at radius 1 is 1.04 bits per heavy atom. The van der Waals surface area contributed by atoms with Crippen LogP contribution in [0.5, 0.6) is 0 Å². The SMILES string of the molecule is Cc1ccc(Cl)cc1NC(=O)C(=O)Nc1ccc(N2CCCC2=O)cc1. The Morgan fingerprint density at radius 2 is 1.73 bits per heavy atom. The minimum atomic E-state index is -0.783. The van der Waals surface area contributed by atoms with Crippen molar-refractivity contribution < 1.29 is 14.4 Å². The van der Waals surface area contributed by atoms with Crippen molar-refractivity contribution in [3.8, 4) is 0 Å². The van der Waals surface area contributed by atoms with Crippen molar-refractivity contribution in [2.75, 3.05) is 22.1 Å². The number of hydrogen-bond donors (Lipinski definition) is 2. The number of anilines is 3. The molecule has 0 atom stereocenters. The zero-order valence-electron chi connectivity index (χ0n) is 14.2. The monoisotopic (exact) mass is 371 g/mol. The zero-order valence-corrected chi connectivity index (χ0v) is 15.0. The third-order valence-electron chi connectivity index (χ3n) is 4.16. The van der Waals surface area contributed by atoms with Crippen molar-refractivity contribution in [1.82, 2.24) is 0 Å². The molecule has 0 radical (unpaired) electrons.